The molecule has 0 aliphatic heterocycles. The highest BCUT2D eigenvalue weighted by atomic mass is 32.1. The summed E-state index contributed by atoms with van der Waals surface area (Å²) < 4.78 is 0. The van der Waals surface area contributed by atoms with Crippen LogP contribution in [0, 0.1) is 5.41 Å². The average molecular weight is 269 g/mol. The number of hydrogen-bond acceptors (Lipinski definition) is 5. The number of nitrogens with zero attached hydrogens (tertiary/aromatic N) is 1. The lowest BCUT2D eigenvalue weighted by Gasteiger charge is -2.49. The molecule has 2 rings (SSSR count). The van der Waals surface area contributed by atoms with E-state index in [1.54, 1.807) is 5.38 Å². The molecule has 4 N–H and O–H groups in total. The number of aliphatic hydroxyl groups excluding tert-OH is 1. The molecule has 100 valence electrons. The second-order valence-corrected chi connectivity index (χ2v) is 6.35. The lowest BCUT2D eigenvalue weighted by atomic mass is 9.64. The number of nitrogens with two attached hydrogens (primary N) is 1. The third-order valence-corrected chi connectivity index (χ3v) is 4.71. The first-order valence-electron chi connectivity index (χ1n) is 6.02. The summed E-state index contributed by atoms with van der Waals surface area (Å²) >= 11 is 1.39. The molecule has 1 aliphatic carbocycles. The Labute approximate surface area is 110 Å². The van der Waals surface area contributed by atoms with Crippen LogP contribution in [-0.2, 0) is 0 Å². The number of rotatable bonds is 3. The molecule has 0 spiro atoms. The van der Waals surface area contributed by atoms with Gasteiger partial charge < -0.3 is 16.2 Å². The van der Waals surface area contributed by atoms with Crippen LogP contribution in [0.1, 0.15) is 48.7 Å². The maximum atomic E-state index is 12.0. The van der Waals surface area contributed by atoms with Gasteiger partial charge in [0, 0.05) is 16.8 Å². The maximum Gasteiger partial charge on any atom is 0.271 e. The Balaban J connectivity index is 2.00. The Morgan fingerprint density at radius 3 is 2.83 bits per heavy atom. The molecule has 1 saturated carbocycles. The van der Waals surface area contributed by atoms with Crippen LogP contribution < -0.4 is 11.1 Å². The van der Waals surface area contributed by atoms with Crippen molar-refractivity contribution in [2.75, 3.05) is 0 Å². The van der Waals surface area contributed by atoms with Crippen LogP contribution >= 0.6 is 11.3 Å². The Bertz CT molecular complexity index is 456. The molecule has 18 heavy (non-hydrogen) atoms. The zero-order valence-electron chi connectivity index (χ0n) is 10.8. The molecule has 1 fully saturated rings. The molecule has 6 heteroatoms. The molecule has 1 aliphatic rings. The van der Waals surface area contributed by atoms with Gasteiger partial charge in [-0.1, -0.05) is 13.8 Å². The van der Waals surface area contributed by atoms with E-state index in [0.717, 1.165) is 5.01 Å². The number of nitrogens with one attached hydrogen (secondary N) is 1. The Morgan fingerprint density at radius 2 is 2.39 bits per heavy atom. The quantitative estimate of drug-likeness (QED) is 0.765. The lowest BCUT2D eigenvalue weighted by molar-refractivity contribution is -0.0690. The molecule has 1 aromatic rings. The van der Waals surface area contributed by atoms with E-state index >= 15 is 0 Å². The average Bonchev–Trinajstić information content (AvgIpc) is 2.78. The fourth-order valence-electron chi connectivity index (χ4n) is 1.98. The van der Waals surface area contributed by atoms with E-state index in [-0.39, 0.29) is 29.5 Å². The van der Waals surface area contributed by atoms with Crippen LogP contribution in [0.15, 0.2) is 5.38 Å². The predicted molar refractivity (Wildman–Crippen MR) is 70.4 cm³/mol. The van der Waals surface area contributed by atoms with Gasteiger partial charge in [-0.2, -0.15) is 0 Å². The Hall–Kier alpha value is -0.980. The fourth-order valence-corrected chi connectivity index (χ4v) is 2.74. The van der Waals surface area contributed by atoms with E-state index in [0.29, 0.717) is 12.1 Å². The minimum absolute atomic E-state index is 0.000417. The normalized spacial score (nSPS) is 27.4. The largest absolute Gasteiger partial charge is 0.392 e. The SMILES string of the molecule is CC(N)c1nc(C(=O)NC2CC(O)C2(C)C)cs1. The predicted octanol–water partition coefficient (Wildman–Crippen LogP) is 1.05. The monoisotopic (exact) mass is 269 g/mol. The van der Waals surface area contributed by atoms with Crippen molar-refractivity contribution < 1.29 is 9.90 Å². The molecule has 0 saturated heterocycles. The Morgan fingerprint density at radius 1 is 1.72 bits per heavy atom. The third-order valence-electron chi connectivity index (χ3n) is 3.67. The molecule has 1 heterocycles. The molecule has 0 aromatic carbocycles. The molecular weight excluding hydrogens is 250 g/mol. The van der Waals surface area contributed by atoms with Crippen molar-refractivity contribution in [2.24, 2.45) is 11.1 Å². The van der Waals surface area contributed by atoms with Crippen molar-refractivity contribution in [1.29, 1.82) is 0 Å². The molecule has 1 aromatic heterocycles. The fraction of sp³-hybridized carbons (Fsp3) is 0.667. The van der Waals surface area contributed by atoms with Crippen LogP contribution in [0.5, 0.6) is 0 Å². The number of carbonyl (C=O) groups excluding carboxylic acids is 1. The van der Waals surface area contributed by atoms with E-state index in [4.69, 9.17) is 5.73 Å². The molecule has 0 radical (unpaired) electrons. The zero-order chi connectivity index (χ0) is 13.5. The molecule has 0 bridgehead atoms. The topological polar surface area (TPSA) is 88.2 Å². The first-order chi connectivity index (χ1) is 8.32. The number of thiazole rings is 1. The van der Waals surface area contributed by atoms with Gasteiger partial charge in [-0.25, -0.2) is 4.98 Å². The summed E-state index contributed by atoms with van der Waals surface area (Å²) in [5.41, 5.74) is 5.85. The second-order valence-electron chi connectivity index (χ2n) is 5.46. The van der Waals surface area contributed by atoms with E-state index in [9.17, 15) is 9.90 Å². The summed E-state index contributed by atoms with van der Waals surface area (Å²) in [5, 5.41) is 15.0. The summed E-state index contributed by atoms with van der Waals surface area (Å²) in [7, 11) is 0. The van der Waals surface area contributed by atoms with E-state index in [1.165, 1.54) is 11.3 Å². The maximum absolute atomic E-state index is 12.0. The number of carbonyl (C=O) groups is 1. The van der Waals surface area contributed by atoms with Gasteiger partial charge in [0.2, 0.25) is 0 Å². The van der Waals surface area contributed by atoms with Gasteiger partial charge in [-0.15, -0.1) is 11.3 Å². The standard InChI is InChI=1S/C12H19N3O2S/c1-6(13)11-14-7(5-18-11)10(17)15-8-4-9(16)12(8,2)3/h5-6,8-9,16H,4,13H2,1-3H3,(H,15,17). The third kappa shape index (κ3) is 2.28. The molecular formula is C12H19N3O2S. The summed E-state index contributed by atoms with van der Waals surface area (Å²) in [5.74, 6) is -0.192. The molecule has 1 amide bonds. The van der Waals surface area contributed by atoms with Crippen LogP contribution in [0.25, 0.3) is 0 Å². The van der Waals surface area contributed by atoms with Crippen LogP contribution in [0.4, 0.5) is 0 Å². The lowest BCUT2D eigenvalue weighted by Crippen LogP contribution is -2.61. The van der Waals surface area contributed by atoms with Gasteiger partial charge in [0.15, 0.2) is 0 Å². The van der Waals surface area contributed by atoms with Crippen molar-refractivity contribution in [3.8, 4) is 0 Å². The smallest absolute Gasteiger partial charge is 0.271 e. The highest BCUT2D eigenvalue weighted by Crippen LogP contribution is 2.40. The van der Waals surface area contributed by atoms with Crippen molar-refractivity contribution in [1.82, 2.24) is 10.3 Å². The van der Waals surface area contributed by atoms with Gasteiger partial charge in [0.1, 0.15) is 10.7 Å². The zero-order valence-corrected chi connectivity index (χ0v) is 11.6. The number of hydrogen-bond donors (Lipinski definition) is 3. The van der Waals surface area contributed by atoms with Gasteiger partial charge in [-0.05, 0) is 13.3 Å². The van der Waals surface area contributed by atoms with Crippen molar-refractivity contribution in [2.45, 2.75) is 45.4 Å². The minimum atomic E-state index is -0.349. The first-order valence-corrected chi connectivity index (χ1v) is 6.90. The molecule has 5 nitrogen and oxygen atoms in total. The van der Waals surface area contributed by atoms with E-state index < -0.39 is 0 Å². The number of amides is 1. The van der Waals surface area contributed by atoms with Crippen molar-refractivity contribution >= 4 is 17.2 Å². The summed E-state index contributed by atoms with van der Waals surface area (Å²) in [6.45, 7) is 5.73. The highest BCUT2D eigenvalue weighted by Gasteiger charge is 2.48. The summed E-state index contributed by atoms with van der Waals surface area (Å²) in [6, 6.07) is -0.154. The second kappa shape index (κ2) is 4.60. The first kappa shape index (κ1) is 13.5. The van der Waals surface area contributed by atoms with Gasteiger partial charge >= 0.3 is 0 Å². The van der Waals surface area contributed by atoms with E-state index in [1.807, 2.05) is 20.8 Å². The minimum Gasteiger partial charge on any atom is -0.392 e. The number of aliphatic hydroxyl groups is 1. The van der Waals surface area contributed by atoms with E-state index in [2.05, 4.69) is 10.3 Å². The van der Waals surface area contributed by atoms with Gasteiger partial charge in [0.25, 0.3) is 5.91 Å². The summed E-state index contributed by atoms with van der Waals surface area (Å²) in [4.78, 5) is 16.2. The molecule has 3 unspecified atom stereocenters. The number of aromatic nitrogens is 1. The Kier molecular flexibility index (Phi) is 3.44. The summed E-state index contributed by atoms with van der Waals surface area (Å²) in [6.07, 6.45) is 0.251. The van der Waals surface area contributed by atoms with Crippen molar-refractivity contribution in [3.05, 3.63) is 16.1 Å². The van der Waals surface area contributed by atoms with Gasteiger partial charge in [0.05, 0.1) is 12.1 Å². The van der Waals surface area contributed by atoms with Crippen LogP contribution in [0.2, 0.25) is 0 Å². The van der Waals surface area contributed by atoms with Gasteiger partial charge in [-0.3, -0.25) is 4.79 Å². The van der Waals surface area contributed by atoms with Crippen LogP contribution in [0.3, 0.4) is 0 Å². The molecule has 3 atom stereocenters. The van der Waals surface area contributed by atoms with Crippen LogP contribution in [-0.4, -0.2) is 28.1 Å². The highest BCUT2D eigenvalue weighted by molar-refractivity contribution is 7.09. The van der Waals surface area contributed by atoms with Crippen molar-refractivity contribution in [3.63, 3.8) is 0 Å².